The molecule has 2 amide bonds. The van der Waals surface area contributed by atoms with Crippen LogP contribution >= 0.6 is 0 Å². The quantitative estimate of drug-likeness (QED) is 0.674. The maximum atomic E-state index is 12.5. The average Bonchev–Trinajstić information content (AvgIpc) is 2.42. The van der Waals surface area contributed by atoms with Crippen LogP contribution in [0.2, 0.25) is 0 Å². The Morgan fingerprint density at radius 1 is 1.08 bits per heavy atom. The number of hydrogen-bond donors (Lipinski definition) is 1. The van der Waals surface area contributed by atoms with E-state index < -0.39 is 11.7 Å². The Hall–Kier alpha value is -1.79. The van der Waals surface area contributed by atoms with Gasteiger partial charge in [-0.1, -0.05) is 13.8 Å². The molecule has 25 heavy (non-hydrogen) atoms. The molecule has 0 aliphatic heterocycles. The van der Waals surface area contributed by atoms with Crippen molar-refractivity contribution in [3.8, 4) is 0 Å². The second kappa shape index (κ2) is 10.3. The first-order valence-corrected chi connectivity index (χ1v) is 8.67. The lowest BCUT2D eigenvalue weighted by Gasteiger charge is -2.30. The van der Waals surface area contributed by atoms with Crippen molar-refractivity contribution in [1.82, 2.24) is 10.2 Å². The van der Waals surface area contributed by atoms with Crippen molar-refractivity contribution in [2.24, 2.45) is 5.92 Å². The molecule has 0 aromatic rings. The molecule has 0 aliphatic rings. The Kier molecular flexibility index (Phi) is 9.52. The van der Waals surface area contributed by atoms with Crippen LogP contribution < -0.4 is 5.32 Å². The van der Waals surface area contributed by atoms with E-state index in [-0.39, 0.29) is 36.8 Å². The van der Waals surface area contributed by atoms with E-state index in [4.69, 9.17) is 9.47 Å². The molecule has 0 radical (unpaired) electrons. The molecule has 0 heterocycles. The molecule has 7 nitrogen and oxygen atoms in total. The van der Waals surface area contributed by atoms with Crippen molar-refractivity contribution >= 4 is 18.0 Å². The second-order valence-corrected chi connectivity index (χ2v) is 7.82. The number of nitrogens with one attached hydrogen (secondary N) is 1. The molecular weight excluding hydrogens is 324 g/mol. The predicted octanol–water partition coefficient (Wildman–Crippen LogP) is 2.73. The van der Waals surface area contributed by atoms with E-state index in [9.17, 15) is 14.4 Å². The summed E-state index contributed by atoms with van der Waals surface area (Å²) in [7, 11) is 3.02. The number of carbonyl (C=O) groups is 3. The standard InChI is InChI=1S/C18H34N2O5/c1-12(2)9-14(11-16(22)24-8)20(7)15(21)10-13(3)19-17(23)25-18(4,5)6/h12-14H,9-11H2,1-8H3,(H,19,23)/t13-,14-/m0/s1. The van der Waals surface area contributed by atoms with Gasteiger partial charge in [0.2, 0.25) is 5.91 Å². The minimum atomic E-state index is -0.590. The van der Waals surface area contributed by atoms with Crippen LogP contribution in [0, 0.1) is 5.92 Å². The van der Waals surface area contributed by atoms with Crippen molar-refractivity contribution in [2.75, 3.05) is 14.2 Å². The van der Waals surface area contributed by atoms with Gasteiger partial charge in [-0.25, -0.2) is 4.79 Å². The minimum absolute atomic E-state index is 0.130. The lowest BCUT2D eigenvalue weighted by Crippen LogP contribution is -2.44. The van der Waals surface area contributed by atoms with Crippen LogP contribution in [-0.4, -0.2) is 54.7 Å². The summed E-state index contributed by atoms with van der Waals surface area (Å²) in [6.45, 7) is 11.1. The zero-order valence-electron chi connectivity index (χ0n) is 16.8. The Bertz CT molecular complexity index is 457. The first-order chi connectivity index (χ1) is 11.4. The van der Waals surface area contributed by atoms with E-state index in [1.807, 2.05) is 13.8 Å². The lowest BCUT2D eigenvalue weighted by molar-refractivity contribution is -0.143. The highest BCUT2D eigenvalue weighted by molar-refractivity contribution is 5.79. The van der Waals surface area contributed by atoms with E-state index >= 15 is 0 Å². The summed E-state index contributed by atoms with van der Waals surface area (Å²) in [5, 5.41) is 2.65. The smallest absolute Gasteiger partial charge is 0.407 e. The number of amides is 2. The molecule has 0 saturated carbocycles. The minimum Gasteiger partial charge on any atom is -0.469 e. The first-order valence-electron chi connectivity index (χ1n) is 8.67. The van der Waals surface area contributed by atoms with Crippen LogP contribution in [-0.2, 0) is 19.1 Å². The van der Waals surface area contributed by atoms with Crippen molar-refractivity contribution in [3.63, 3.8) is 0 Å². The molecule has 0 aromatic carbocycles. The van der Waals surface area contributed by atoms with Crippen LogP contribution in [0.3, 0.4) is 0 Å². The summed E-state index contributed by atoms with van der Waals surface area (Å²) in [6, 6.07) is -0.601. The highest BCUT2D eigenvalue weighted by Crippen LogP contribution is 2.16. The van der Waals surface area contributed by atoms with Crippen LogP contribution in [0.25, 0.3) is 0 Å². The number of rotatable bonds is 8. The maximum Gasteiger partial charge on any atom is 0.407 e. The fourth-order valence-corrected chi connectivity index (χ4v) is 2.37. The highest BCUT2D eigenvalue weighted by Gasteiger charge is 2.26. The van der Waals surface area contributed by atoms with Gasteiger partial charge in [-0.3, -0.25) is 9.59 Å². The zero-order valence-corrected chi connectivity index (χ0v) is 16.8. The van der Waals surface area contributed by atoms with E-state index in [2.05, 4.69) is 5.32 Å². The molecule has 0 spiro atoms. The summed E-state index contributed by atoms with van der Waals surface area (Å²) in [5.41, 5.74) is -0.590. The number of esters is 1. The molecule has 0 unspecified atom stereocenters. The van der Waals surface area contributed by atoms with Crippen LogP contribution in [0.15, 0.2) is 0 Å². The molecule has 0 aromatic heterocycles. The second-order valence-electron chi connectivity index (χ2n) is 7.82. The molecular formula is C18H34N2O5. The molecule has 0 aliphatic carbocycles. The normalized spacial score (nSPS) is 13.8. The number of nitrogens with zero attached hydrogens (tertiary/aromatic N) is 1. The summed E-state index contributed by atoms with van der Waals surface area (Å²) < 4.78 is 9.90. The van der Waals surface area contributed by atoms with Gasteiger partial charge < -0.3 is 19.7 Å². The highest BCUT2D eigenvalue weighted by atomic mass is 16.6. The van der Waals surface area contributed by atoms with Crippen molar-refractivity contribution in [3.05, 3.63) is 0 Å². The van der Waals surface area contributed by atoms with E-state index in [1.165, 1.54) is 7.11 Å². The molecule has 7 heteroatoms. The molecule has 0 rings (SSSR count). The monoisotopic (exact) mass is 358 g/mol. The number of carbonyl (C=O) groups excluding carboxylic acids is 3. The maximum absolute atomic E-state index is 12.5. The molecule has 0 fully saturated rings. The van der Waals surface area contributed by atoms with E-state index in [1.54, 1.807) is 39.6 Å². The van der Waals surface area contributed by atoms with Gasteiger partial charge in [0.15, 0.2) is 0 Å². The van der Waals surface area contributed by atoms with Gasteiger partial charge in [0, 0.05) is 25.6 Å². The Balaban J connectivity index is 4.71. The van der Waals surface area contributed by atoms with Gasteiger partial charge in [-0.2, -0.15) is 0 Å². The van der Waals surface area contributed by atoms with Gasteiger partial charge in [-0.05, 0) is 40.0 Å². The SMILES string of the molecule is COC(=O)C[C@H](CC(C)C)N(C)C(=O)C[C@H](C)NC(=O)OC(C)(C)C. The fourth-order valence-electron chi connectivity index (χ4n) is 2.37. The van der Waals surface area contributed by atoms with Crippen LogP contribution in [0.5, 0.6) is 0 Å². The molecule has 0 saturated heterocycles. The summed E-state index contributed by atoms with van der Waals surface area (Å²) >= 11 is 0. The largest absolute Gasteiger partial charge is 0.469 e. The number of methoxy groups -OCH3 is 1. The Labute approximate surface area is 151 Å². The van der Waals surface area contributed by atoms with E-state index in [0.717, 1.165) is 0 Å². The zero-order chi connectivity index (χ0) is 19.8. The average molecular weight is 358 g/mol. The van der Waals surface area contributed by atoms with Gasteiger partial charge in [0.25, 0.3) is 0 Å². The third-order valence-corrected chi connectivity index (χ3v) is 3.56. The number of alkyl carbamates (subject to hydrolysis) is 1. The van der Waals surface area contributed by atoms with Crippen molar-refractivity contribution in [1.29, 1.82) is 0 Å². The number of hydrogen-bond acceptors (Lipinski definition) is 5. The van der Waals surface area contributed by atoms with Gasteiger partial charge in [0.05, 0.1) is 13.5 Å². The van der Waals surface area contributed by atoms with Gasteiger partial charge in [0.1, 0.15) is 5.60 Å². The summed E-state index contributed by atoms with van der Waals surface area (Å²) in [6.07, 6.45) is 0.436. The summed E-state index contributed by atoms with van der Waals surface area (Å²) in [4.78, 5) is 37.4. The van der Waals surface area contributed by atoms with Gasteiger partial charge >= 0.3 is 12.1 Å². The molecule has 1 N–H and O–H groups in total. The van der Waals surface area contributed by atoms with Crippen molar-refractivity contribution < 1.29 is 23.9 Å². The van der Waals surface area contributed by atoms with Crippen LogP contribution in [0.4, 0.5) is 4.79 Å². The summed E-state index contributed by atoms with van der Waals surface area (Å²) in [5.74, 6) is -0.148. The predicted molar refractivity (Wildman–Crippen MR) is 96.1 cm³/mol. The third-order valence-electron chi connectivity index (χ3n) is 3.56. The molecule has 146 valence electrons. The molecule has 2 atom stereocenters. The number of ether oxygens (including phenoxy) is 2. The topological polar surface area (TPSA) is 84.9 Å². The first kappa shape index (κ1) is 23.2. The van der Waals surface area contributed by atoms with Crippen molar-refractivity contribution in [2.45, 2.75) is 78.5 Å². The lowest BCUT2D eigenvalue weighted by atomic mass is 9.99. The van der Waals surface area contributed by atoms with E-state index in [0.29, 0.717) is 12.3 Å². The Morgan fingerprint density at radius 2 is 1.64 bits per heavy atom. The van der Waals surface area contributed by atoms with Gasteiger partial charge in [-0.15, -0.1) is 0 Å². The van der Waals surface area contributed by atoms with Crippen LogP contribution in [0.1, 0.15) is 60.8 Å². The third kappa shape index (κ3) is 10.6. The Morgan fingerprint density at radius 3 is 2.08 bits per heavy atom. The fraction of sp³-hybridized carbons (Fsp3) is 0.833. The molecule has 0 bridgehead atoms.